The third-order valence-electron chi connectivity index (χ3n) is 6.52. The maximum Gasteiger partial charge on any atom is 0.417 e. The number of nitrogens with zero attached hydrogens (tertiary/aromatic N) is 4. The molecule has 0 radical (unpaired) electrons. The summed E-state index contributed by atoms with van der Waals surface area (Å²) in [4.78, 5) is 38.2. The first-order valence-electron chi connectivity index (χ1n) is 12.2. The molecule has 8 nitrogen and oxygen atoms in total. The number of thiazole rings is 1. The van der Waals surface area contributed by atoms with Crippen molar-refractivity contribution in [3.63, 3.8) is 0 Å². The molecule has 0 saturated carbocycles. The number of β-amino-alcohol motifs (C(OH)–C–C–N with tert-alkyl or cyclic N) is 1. The van der Waals surface area contributed by atoms with Gasteiger partial charge in [0.05, 0.1) is 16.0 Å². The summed E-state index contributed by atoms with van der Waals surface area (Å²) >= 11 is 0.753. The number of aromatic nitrogens is 2. The number of pyridine rings is 1. The zero-order valence-corrected chi connectivity index (χ0v) is 22.4. The average Bonchev–Trinajstić information content (AvgIpc) is 3.49. The van der Waals surface area contributed by atoms with E-state index in [1.807, 2.05) is 6.92 Å². The molecule has 2 aliphatic rings. The van der Waals surface area contributed by atoms with Crippen LogP contribution in [0.3, 0.4) is 0 Å². The average molecular weight is 540 g/mol. The van der Waals surface area contributed by atoms with E-state index in [1.165, 1.54) is 4.90 Å². The van der Waals surface area contributed by atoms with Gasteiger partial charge in [0.2, 0.25) is 0 Å². The molecule has 0 aliphatic carbocycles. The molecule has 2 aliphatic heterocycles. The number of halogens is 3. The smallest absolute Gasteiger partial charge is 0.388 e. The number of amides is 2. The molecule has 2 aromatic rings. The van der Waals surface area contributed by atoms with E-state index in [0.29, 0.717) is 13.0 Å². The molecule has 0 unspecified atom stereocenters. The van der Waals surface area contributed by atoms with Crippen LogP contribution < -0.4 is 5.32 Å². The zero-order valence-electron chi connectivity index (χ0n) is 21.6. The molecule has 2 saturated heterocycles. The summed E-state index contributed by atoms with van der Waals surface area (Å²) in [6.07, 6.45) is -1.72. The van der Waals surface area contributed by atoms with Crippen LogP contribution >= 0.6 is 11.3 Å². The Bertz CT molecular complexity index is 1210. The molecule has 12 heteroatoms. The highest BCUT2D eigenvalue weighted by Gasteiger charge is 2.40. The normalized spacial score (nSPS) is 22.6. The minimum absolute atomic E-state index is 0.0412. The maximum atomic E-state index is 14.3. The standard InChI is InChI=1S/C25H32F3N5O3S/c1-14-7-6-9-33(14)21(34)18-19(37-20(30-18)22(35)32-10-8-24(5,36)13-32)15-12-29-17(31-23(2,3)4)11-16(15)25(26,27)28/h11-12,14,36H,6-10,13H2,1-5H3,(H,29,31)/t14-,24+/m0/s1. The highest BCUT2D eigenvalue weighted by molar-refractivity contribution is 7.17. The maximum absolute atomic E-state index is 14.3. The van der Waals surface area contributed by atoms with Gasteiger partial charge >= 0.3 is 6.18 Å². The Labute approximate surface area is 217 Å². The molecule has 2 aromatic heterocycles. The molecule has 2 N–H and O–H groups in total. The van der Waals surface area contributed by atoms with Crippen molar-refractivity contribution in [3.8, 4) is 10.4 Å². The van der Waals surface area contributed by atoms with Gasteiger partial charge in [-0.3, -0.25) is 9.59 Å². The first-order valence-corrected chi connectivity index (χ1v) is 13.1. The van der Waals surface area contributed by atoms with Crippen molar-refractivity contribution < 1.29 is 27.9 Å². The number of alkyl halides is 3. The Morgan fingerprint density at radius 1 is 1.22 bits per heavy atom. The second kappa shape index (κ2) is 9.54. The van der Waals surface area contributed by atoms with Crippen LogP contribution in [0, 0.1) is 0 Å². The minimum Gasteiger partial charge on any atom is -0.388 e. The predicted octanol–water partition coefficient (Wildman–Crippen LogP) is 4.66. The number of anilines is 1. The Morgan fingerprint density at radius 2 is 1.92 bits per heavy atom. The largest absolute Gasteiger partial charge is 0.417 e. The summed E-state index contributed by atoms with van der Waals surface area (Å²) in [7, 11) is 0. The van der Waals surface area contributed by atoms with Crippen molar-refractivity contribution in [2.75, 3.05) is 25.0 Å². The van der Waals surface area contributed by atoms with Gasteiger partial charge in [-0.15, -0.1) is 11.3 Å². The Morgan fingerprint density at radius 3 is 2.46 bits per heavy atom. The summed E-state index contributed by atoms with van der Waals surface area (Å²) in [6.45, 7) is 9.75. The van der Waals surface area contributed by atoms with Crippen LogP contribution in [-0.4, -0.2) is 73.5 Å². The lowest BCUT2D eigenvalue weighted by atomic mass is 10.1. The molecular weight excluding hydrogens is 507 g/mol. The summed E-state index contributed by atoms with van der Waals surface area (Å²) < 4.78 is 42.8. The van der Waals surface area contributed by atoms with Crippen LogP contribution in [0.2, 0.25) is 0 Å². The summed E-state index contributed by atoms with van der Waals surface area (Å²) in [5, 5.41) is 13.1. The Balaban J connectivity index is 1.83. The van der Waals surface area contributed by atoms with Crippen LogP contribution in [0.4, 0.5) is 19.0 Å². The number of carbonyl (C=O) groups is 2. The zero-order chi connectivity index (χ0) is 27.3. The number of nitrogens with one attached hydrogen (secondary N) is 1. The number of hydrogen-bond acceptors (Lipinski definition) is 7. The van der Waals surface area contributed by atoms with Crippen molar-refractivity contribution in [2.24, 2.45) is 0 Å². The van der Waals surface area contributed by atoms with E-state index in [2.05, 4.69) is 15.3 Å². The van der Waals surface area contributed by atoms with Gasteiger partial charge in [-0.25, -0.2) is 9.97 Å². The number of hydrogen-bond donors (Lipinski definition) is 2. The van der Waals surface area contributed by atoms with Crippen LogP contribution in [-0.2, 0) is 6.18 Å². The van der Waals surface area contributed by atoms with Crippen molar-refractivity contribution in [1.82, 2.24) is 19.8 Å². The van der Waals surface area contributed by atoms with E-state index in [9.17, 15) is 27.9 Å². The second-order valence-electron chi connectivity index (χ2n) is 11.1. The topological polar surface area (TPSA) is 98.7 Å². The van der Waals surface area contributed by atoms with Gasteiger partial charge in [0, 0.05) is 43.0 Å². The molecule has 202 valence electrons. The van der Waals surface area contributed by atoms with Crippen LogP contribution in [0.5, 0.6) is 0 Å². The number of aliphatic hydroxyl groups is 1. The Hall–Kier alpha value is -2.73. The molecule has 4 rings (SSSR count). The molecule has 37 heavy (non-hydrogen) atoms. The molecule has 2 amide bonds. The van der Waals surface area contributed by atoms with E-state index >= 15 is 0 Å². The third-order valence-corrected chi connectivity index (χ3v) is 7.60. The van der Waals surface area contributed by atoms with Gasteiger partial charge in [0.1, 0.15) is 11.5 Å². The van der Waals surface area contributed by atoms with Crippen LogP contribution in [0.1, 0.15) is 79.7 Å². The van der Waals surface area contributed by atoms with Gasteiger partial charge < -0.3 is 20.2 Å². The van der Waals surface area contributed by atoms with Crippen molar-refractivity contribution >= 4 is 29.0 Å². The number of carbonyl (C=O) groups excluding carboxylic acids is 2. The molecule has 4 heterocycles. The number of likely N-dealkylation sites (tertiary alicyclic amines) is 2. The summed E-state index contributed by atoms with van der Waals surface area (Å²) in [5.41, 5.74) is -3.03. The number of rotatable bonds is 4. The van der Waals surface area contributed by atoms with E-state index in [0.717, 1.165) is 36.4 Å². The van der Waals surface area contributed by atoms with Crippen molar-refractivity contribution in [3.05, 3.63) is 28.5 Å². The van der Waals surface area contributed by atoms with Crippen molar-refractivity contribution in [2.45, 2.75) is 77.2 Å². The second-order valence-corrected chi connectivity index (χ2v) is 12.1. The Kier molecular flexibility index (Phi) is 7.04. The van der Waals surface area contributed by atoms with Gasteiger partial charge in [-0.2, -0.15) is 13.2 Å². The SMILES string of the molecule is C[C@H]1CCCN1C(=O)c1nc(C(=O)N2CC[C@@](C)(O)C2)sc1-c1cnc(NC(C)(C)C)cc1C(F)(F)F. The van der Waals surface area contributed by atoms with Crippen LogP contribution in [0.15, 0.2) is 12.3 Å². The van der Waals surface area contributed by atoms with E-state index < -0.39 is 34.7 Å². The highest BCUT2D eigenvalue weighted by Crippen LogP contribution is 2.42. The lowest BCUT2D eigenvalue weighted by Crippen LogP contribution is -2.35. The molecule has 0 aromatic carbocycles. The molecule has 0 spiro atoms. The molecular formula is C25H32F3N5O3S. The quantitative estimate of drug-likeness (QED) is 0.587. The van der Waals surface area contributed by atoms with Gasteiger partial charge in [0.25, 0.3) is 11.8 Å². The van der Waals surface area contributed by atoms with Gasteiger partial charge in [-0.1, -0.05) is 0 Å². The highest BCUT2D eigenvalue weighted by atomic mass is 32.1. The molecule has 2 atom stereocenters. The van der Waals surface area contributed by atoms with Gasteiger partial charge in [-0.05, 0) is 59.9 Å². The van der Waals surface area contributed by atoms with E-state index in [1.54, 1.807) is 32.6 Å². The van der Waals surface area contributed by atoms with E-state index in [-0.39, 0.29) is 46.1 Å². The first kappa shape index (κ1) is 27.3. The van der Waals surface area contributed by atoms with Gasteiger partial charge in [0.15, 0.2) is 5.01 Å². The summed E-state index contributed by atoms with van der Waals surface area (Å²) in [5.74, 6) is -0.983. The lowest BCUT2D eigenvalue weighted by Gasteiger charge is -2.23. The summed E-state index contributed by atoms with van der Waals surface area (Å²) in [6, 6.07) is 0.833. The van der Waals surface area contributed by atoms with Crippen LogP contribution in [0.25, 0.3) is 10.4 Å². The molecule has 2 fully saturated rings. The lowest BCUT2D eigenvalue weighted by molar-refractivity contribution is -0.137. The first-order chi connectivity index (χ1) is 17.1. The predicted molar refractivity (Wildman–Crippen MR) is 135 cm³/mol. The third kappa shape index (κ3) is 5.90. The fourth-order valence-electron chi connectivity index (χ4n) is 4.69. The fourth-order valence-corrected chi connectivity index (χ4v) is 5.74. The monoisotopic (exact) mass is 539 g/mol. The minimum atomic E-state index is -4.74. The fraction of sp³-hybridized carbons (Fsp3) is 0.600. The van der Waals surface area contributed by atoms with Crippen molar-refractivity contribution in [1.29, 1.82) is 0 Å². The molecule has 0 bridgehead atoms. The van der Waals surface area contributed by atoms with E-state index in [4.69, 9.17) is 0 Å².